The molecule has 0 unspecified atom stereocenters. The van der Waals surface area contributed by atoms with Crippen molar-refractivity contribution in [3.8, 4) is 5.75 Å². The van der Waals surface area contributed by atoms with Crippen LogP contribution in [0.3, 0.4) is 0 Å². The van der Waals surface area contributed by atoms with E-state index >= 15 is 0 Å². The first-order valence-corrected chi connectivity index (χ1v) is 10.1. The van der Waals surface area contributed by atoms with Crippen molar-refractivity contribution < 1.29 is 4.74 Å². The van der Waals surface area contributed by atoms with Crippen LogP contribution in [0.25, 0.3) is 10.2 Å². The van der Waals surface area contributed by atoms with Crippen molar-refractivity contribution in [1.29, 1.82) is 0 Å². The number of hydrogen-bond acceptors (Lipinski definition) is 5. The first-order chi connectivity index (χ1) is 12.7. The van der Waals surface area contributed by atoms with E-state index in [9.17, 15) is 0 Å². The molecule has 4 rings (SSSR count). The number of halogens is 1. The lowest BCUT2D eigenvalue weighted by molar-refractivity contribution is 0.261. The van der Waals surface area contributed by atoms with E-state index in [1.54, 1.807) is 18.4 Å². The quantitative estimate of drug-likeness (QED) is 0.651. The highest BCUT2D eigenvalue weighted by Crippen LogP contribution is 2.38. The number of rotatable bonds is 5. The van der Waals surface area contributed by atoms with Gasteiger partial charge in [0.1, 0.15) is 11.3 Å². The summed E-state index contributed by atoms with van der Waals surface area (Å²) in [5.74, 6) is 0.786. The van der Waals surface area contributed by atoms with E-state index in [-0.39, 0.29) is 0 Å². The molecule has 4 nitrogen and oxygen atoms in total. The fourth-order valence-corrected chi connectivity index (χ4v) is 4.64. The smallest absolute Gasteiger partial charge is 0.186 e. The molecule has 3 aromatic rings. The molecule has 2 heterocycles. The fraction of sp³-hybridized carbons (Fsp3) is 0.350. The number of piperazine rings is 1. The summed E-state index contributed by atoms with van der Waals surface area (Å²) in [5, 5.41) is 1.78. The van der Waals surface area contributed by atoms with Crippen LogP contribution in [0.1, 0.15) is 5.56 Å². The number of ether oxygens (including phenoxy) is 1. The third-order valence-corrected chi connectivity index (χ3v) is 6.45. The number of anilines is 1. The van der Waals surface area contributed by atoms with E-state index in [0.29, 0.717) is 0 Å². The van der Waals surface area contributed by atoms with Crippen molar-refractivity contribution in [2.75, 3.05) is 44.7 Å². The van der Waals surface area contributed by atoms with E-state index in [2.05, 4.69) is 40.1 Å². The Morgan fingerprint density at radius 3 is 2.58 bits per heavy atom. The van der Waals surface area contributed by atoms with Gasteiger partial charge in [-0.2, -0.15) is 0 Å². The third kappa shape index (κ3) is 3.65. The maximum absolute atomic E-state index is 6.35. The summed E-state index contributed by atoms with van der Waals surface area (Å²) in [5.41, 5.74) is 2.27. The van der Waals surface area contributed by atoms with E-state index in [1.165, 1.54) is 5.56 Å². The number of thiazole rings is 1. The summed E-state index contributed by atoms with van der Waals surface area (Å²) in [7, 11) is 1.67. The zero-order valence-electron chi connectivity index (χ0n) is 14.8. The van der Waals surface area contributed by atoms with Crippen LogP contribution in [0.5, 0.6) is 5.75 Å². The minimum Gasteiger partial charge on any atom is -0.494 e. The van der Waals surface area contributed by atoms with Gasteiger partial charge in [0.2, 0.25) is 0 Å². The van der Waals surface area contributed by atoms with E-state index in [4.69, 9.17) is 21.3 Å². The van der Waals surface area contributed by atoms with Crippen molar-refractivity contribution in [2.45, 2.75) is 6.42 Å². The number of benzene rings is 2. The molecule has 1 aromatic heterocycles. The summed E-state index contributed by atoms with van der Waals surface area (Å²) in [6.07, 6.45) is 1.11. The first-order valence-electron chi connectivity index (χ1n) is 8.89. The van der Waals surface area contributed by atoms with Gasteiger partial charge in [-0.05, 0) is 24.1 Å². The second-order valence-corrected chi connectivity index (χ2v) is 7.87. The standard InChI is InChI=1S/C20H22ClN3OS/c1-25-17-8-7-16(21)19-18(17)22-20(26-19)24-13-11-23(12-14-24)10-9-15-5-3-2-4-6-15/h2-8H,9-14H2,1H3. The summed E-state index contributed by atoms with van der Waals surface area (Å²) in [6, 6.07) is 14.5. The summed E-state index contributed by atoms with van der Waals surface area (Å²) in [6.45, 7) is 5.22. The predicted molar refractivity (Wildman–Crippen MR) is 110 cm³/mol. The van der Waals surface area contributed by atoms with Gasteiger partial charge < -0.3 is 9.64 Å². The molecular formula is C20H22ClN3OS. The molecule has 6 heteroatoms. The number of nitrogens with zero attached hydrogens (tertiary/aromatic N) is 3. The average Bonchev–Trinajstić information content (AvgIpc) is 3.14. The molecule has 1 fully saturated rings. The van der Waals surface area contributed by atoms with Gasteiger partial charge in [0.15, 0.2) is 5.13 Å². The minimum atomic E-state index is 0.742. The number of aromatic nitrogens is 1. The highest BCUT2D eigenvalue weighted by atomic mass is 35.5. The van der Waals surface area contributed by atoms with Crippen LogP contribution in [-0.4, -0.2) is 49.7 Å². The Hall–Kier alpha value is -1.82. The molecule has 0 bridgehead atoms. The third-order valence-electron chi connectivity index (χ3n) is 4.87. The Bertz CT molecular complexity index is 875. The normalized spacial score (nSPS) is 15.5. The lowest BCUT2D eigenvalue weighted by atomic mass is 10.1. The van der Waals surface area contributed by atoms with Crippen LogP contribution in [0.2, 0.25) is 5.02 Å². The monoisotopic (exact) mass is 387 g/mol. The van der Waals surface area contributed by atoms with Crippen LogP contribution < -0.4 is 9.64 Å². The zero-order valence-corrected chi connectivity index (χ0v) is 16.4. The lowest BCUT2D eigenvalue weighted by Gasteiger charge is -2.34. The zero-order chi connectivity index (χ0) is 17.9. The topological polar surface area (TPSA) is 28.6 Å². The van der Waals surface area contributed by atoms with Crippen LogP contribution in [0.15, 0.2) is 42.5 Å². The van der Waals surface area contributed by atoms with Crippen LogP contribution >= 0.6 is 22.9 Å². The van der Waals surface area contributed by atoms with Crippen molar-refractivity contribution in [3.05, 3.63) is 53.1 Å². The van der Waals surface area contributed by atoms with Crippen LogP contribution in [-0.2, 0) is 6.42 Å². The van der Waals surface area contributed by atoms with Crippen LogP contribution in [0.4, 0.5) is 5.13 Å². The molecule has 0 atom stereocenters. The molecule has 1 aliphatic heterocycles. The molecule has 0 N–H and O–H groups in total. The number of methoxy groups -OCH3 is 1. The Kier molecular flexibility index (Phi) is 5.29. The Morgan fingerprint density at radius 1 is 1.08 bits per heavy atom. The van der Waals surface area contributed by atoms with Crippen LogP contribution in [0, 0.1) is 0 Å². The summed E-state index contributed by atoms with van der Waals surface area (Å²) >= 11 is 8.00. The molecule has 0 radical (unpaired) electrons. The number of hydrogen-bond donors (Lipinski definition) is 0. The van der Waals surface area contributed by atoms with Gasteiger partial charge in [-0.1, -0.05) is 53.3 Å². The van der Waals surface area contributed by atoms with Gasteiger partial charge in [0.25, 0.3) is 0 Å². The molecule has 0 aliphatic carbocycles. The largest absolute Gasteiger partial charge is 0.494 e. The molecule has 0 amide bonds. The van der Waals surface area contributed by atoms with Gasteiger partial charge in [0, 0.05) is 32.7 Å². The van der Waals surface area contributed by atoms with Gasteiger partial charge >= 0.3 is 0 Å². The highest BCUT2D eigenvalue weighted by Gasteiger charge is 2.21. The fourth-order valence-electron chi connectivity index (χ4n) is 3.34. The summed E-state index contributed by atoms with van der Waals surface area (Å²) < 4.78 is 6.44. The Balaban J connectivity index is 1.40. The maximum atomic E-state index is 6.35. The van der Waals surface area contributed by atoms with Gasteiger partial charge in [-0.25, -0.2) is 4.98 Å². The molecule has 2 aromatic carbocycles. The predicted octanol–water partition coefficient (Wildman–Crippen LogP) is 4.32. The molecule has 1 saturated heterocycles. The Labute approximate surface area is 163 Å². The number of fused-ring (bicyclic) bond motifs is 1. The molecule has 1 aliphatic rings. The maximum Gasteiger partial charge on any atom is 0.186 e. The van der Waals surface area contributed by atoms with Crippen molar-refractivity contribution >= 4 is 38.3 Å². The highest BCUT2D eigenvalue weighted by molar-refractivity contribution is 7.22. The van der Waals surface area contributed by atoms with E-state index in [1.807, 2.05) is 12.1 Å². The first kappa shape index (κ1) is 17.6. The SMILES string of the molecule is COc1ccc(Cl)c2sc(N3CCN(CCc4ccccc4)CC3)nc12. The molecule has 0 spiro atoms. The minimum absolute atomic E-state index is 0.742. The van der Waals surface area contributed by atoms with Crippen molar-refractivity contribution in [2.24, 2.45) is 0 Å². The van der Waals surface area contributed by atoms with Crippen molar-refractivity contribution in [1.82, 2.24) is 9.88 Å². The van der Waals surface area contributed by atoms with Gasteiger partial charge in [0.05, 0.1) is 16.8 Å². The lowest BCUT2D eigenvalue weighted by Crippen LogP contribution is -2.46. The van der Waals surface area contributed by atoms with Gasteiger partial charge in [-0.15, -0.1) is 0 Å². The van der Waals surface area contributed by atoms with E-state index < -0.39 is 0 Å². The molecule has 26 heavy (non-hydrogen) atoms. The van der Waals surface area contributed by atoms with Crippen molar-refractivity contribution in [3.63, 3.8) is 0 Å². The second kappa shape index (κ2) is 7.82. The summed E-state index contributed by atoms with van der Waals surface area (Å²) in [4.78, 5) is 9.70. The second-order valence-electron chi connectivity index (χ2n) is 6.49. The molecule has 0 saturated carbocycles. The Morgan fingerprint density at radius 2 is 1.85 bits per heavy atom. The van der Waals surface area contributed by atoms with E-state index in [0.717, 1.165) is 65.3 Å². The van der Waals surface area contributed by atoms with Gasteiger partial charge in [-0.3, -0.25) is 4.90 Å². The average molecular weight is 388 g/mol. The molecule has 136 valence electrons. The molecular weight excluding hydrogens is 366 g/mol.